The molecule has 0 fully saturated rings. The number of amides is 1. The third-order valence-corrected chi connectivity index (χ3v) is 4.91. The number of carbonyl (C=O) groups is 1. The predicted octanol–water partition coefficient (Wildman–Crippen LogP) is 4.27. The van der Waals surface area contributed by atoms with E-state index in [1.807, 2.05) is 18.2 Å². The molecule has 0 bridgehead atoms. The number of rotatable bonds is 2. The van der Waals surface area contributed by atoms with E-state index in [4.69, 9.17) is 0 Å². The molecule has 1 heterocycles. The van der Waals surface area contributed by atoms with Gasteiger partial charge in [0.2, 0.25) is 0 Å². The minimum Gasteiger partial charge on any atom is -0.321 e. The smallest absolute Gasteiger partial charge is 0.258 e. The number of nitrogens with zero attached hydrogens (tertiary/aromatic N) is 2. The van der Waals surface area contributed by atoms with Crippen LogP contribution in [0.1, 0.15) is 21.5 Å². The standard InChI is InChI=1S/C21H14FN3O/c22-14-10-16(20-18(11-14)23-8-9-24-20)21(26)25-17-7-6-13-5-4-12-2-1-3-15(17)19(12)13/h1-3,6-11H,4-5H2,(H,25,26). The van der Waals surface area contributed by atoms with Crippen molar-refractivity contribution < 1.29 is 9.18 Å². The van der Waals surface area contributed by atoms with Crippen LogP contribution in [0.15, 0.2) is 54.9 Å². The lowest BCUT2D eigenvalue weighted by atomic mass is 10.0. The van der Waals surface area contributed by atoms with Crippen LogP contribution in [0.2, 0.25) is 0 Å². The second-order valence-corrected chi connectivity index (χ2v) is 6.44. The van der Waals surface area contributed by atoms with Gasteiger partial charge in [0.05, 0.1) is 11.1 Å². The number of hydrogen-bond donors (Lipinski definition) is 1. The van der Waals surface area contributed by atoms with Gasteiger partial charge < -0.3 is 5.32 Å². The molecule has 0 saturated heterocycles. The van der Waals surface area contributed by atoms with Crippen molar-refractivity contribution in [2.24, 2.45) is 0 Å². The van der Waals surface area contributed by atoms with Gasteiger partial charge in [-0.3, -0.25) is 14.8 Å². The molecule has 0 saturated carbocycles. The molecular formula is C21H14FN3O. The zero-order valence-corrected chi connectivity index (χ0v) is 13.8. The Balaban J connectivity index is 1.62. The summed E-state index contributed by atoms with van der Waals surface area (Å²) in [6.07, 6.45) is 5.02. The van der Waals surface area contributed by atoms with Crippen molar-refractivity contribution in [1.29, 1.82) is 0 Å². The third kappa shape index (κ3) is 2.24. The van der Waals surface area contributed by atoms with Crippen molar-refractivity contribution in [2.45, 2.75) is 12.8 Å². The molecule has 26 heavy (non-hydrogen) atoms. The monoisotopic (exact) mass is 343 g/mol. The topological polar surface area (TPSA) is 54.9 Å². The van der Waals surface area contributed by atoms with Gasteiger partial charge in [0.25, 0.3) is 5.91 Å². The zero-order chi connectivity index (χ0) is 17.7. The lowest BCUT2D eigenvalue weighted by Gasteiger charge is -2.11. The minimum absolute atomic E-state index is 0.177. The van der Waals surface area contributed by atoms with Gasteiger partial charge in [0.1, 0.15) is 11.3 Å². The Morgan fingerprint density at radius 2 is 1.81 bits per heavy atom. The fourth-order valence-corrected chi connectivity index (χ4v) is 3.76. The van der Waals surface area contributed by atoms with Crippen LogP contribution in [0.5, 0.6) is 0 Å². The third-order valence-electron chi connectivity index (χ3n) is 4.91. The summed E-state index contributed by atoms with van der Waals surface area (Å²) in [6.45, 7) is 0. The molecule has 0 aliphatic heterocycles. The number of nitrogens with one attached hydrogen (secondary N) is 1. The van der Waals surface area contributed by atoms with Crippen molar-refractivity contribution in [2.75, 3.05) is 5.32 Å². The Hall–Kier alpha value is -3.34. The van der Waals surface area contributed by atoms with Crippen LogP contribution in [0.4, 0.5) is 10.1 Å². The maximum absolute atomic E-state index is 13.9. The molecule has 0 radical (unpaired) electrons. The van der Waals surface area contributed by atoms with Crippen molar-refractivity contribution in [3.05, 3.63) is 77.4 Å². The largest absolute Gasteiger partial charge is 0.321 e. The first-order chi connectivity index (χ1) is 12.7. The number of benzene rings is 3. The van der Waals surface area contributed by atoms with E-state index in [1.54, 1.807) is 0 Å². The van der Waals surface area contributed by atoms with E-state index in [9.17, 15) is 9.18 Å². The summed E-state index contributed by atoms with van der Waals surface area (Å²) in [4.78, 5) is 21.2. The van der Waals surface area contributed by atoms with Crippen molar-refractivity contribution in [1.82, 2.24) is 9.97 Å². The highest BCUT2D eigenvalue weighted by Gasteiger charge is 2.19. The zero-order valence-electron chi connectivity index (χ0n) is 13.8. The van der Waals surface area contributed by atoms with Crippen molar-refractivity contribution in [3.63, 3.8) is 0 Å². The van der Waals surface area contributed by atoms with Crippen LogP contribution in [0.25, 0.3) is 21.8 Å². The highest BCUT2D eigenvalue weighted by atomic mass is 19.1. The van der Waals surface area contributed by atoms with Crippen molar-refractivity contribution >= 4 is 33.4 Å². The summed E-state index contributed by atoms with van der Waals surface area (Å²) in [5.74, 6) is -0.905. The Labute approximate surface area is 148 Å². The molecule has 1 aliphatic rings. The maximum Gasteiger partial charge on any atom is 0.258 e. The first-order valence-corrected chi connectivity index (χ1v) is 8.46. The van der Waals surface area contributed by atoms with Gasteiger partial charge in [-0.1, -0.05) is 24.3 Å². The molecule has 1 aromatic heterocycles. The van der Waals surface area contributed by atoms with Crippen LogP contribution in [-0.4, -0.2) is 15.9 Å². The van der Waals surface area contributed by atoms with Gasteiger partial charge in [0.15, 0.2) is 0 Å². The Morgan fingerprint density at radius 3 is 2.69 bits per heavy atom. The number of hydrogen-bond acceptors (Lipinski definition) is 3. The molecule has 5 heteroatoms. The molecule has 3 aromatic carbocycles. The lowest BCUT2D eigenvalue weighted by Crippen LogP contribution is -2.14. The van der Waals surface area contributed by atoms with E-state index < -0.39 is 11.7 Å². The second-order valence-electron chi connectivity index (χ2n) is 6.44. The van der Waals surface area contributed by atoms with Gasteiger partial charge >= 0.3 is 0 Å². The summed E-state index contributed by atoms with van der Waals surface area (Å²) in [7, 11) is 0. The molecule has 0 spiro atoms. The summed E-state index contributed by atoms with van der Waals surface area (Å²) < 4.78 is 13.9. The first-order valence-electron chi connectivity index (χ1n) is 8.46. The highest BCUT2D eigenvalue weighted by molar-refractivity contribution is 6.14. The number of aromatic nitrogens is 2. The molecule has 0 unspecified atom stereocenters. The molecule has 1 aliphatic carbocycles. The Morgan fingerprint density at radius 1 is 1.00 bits per heavy atom. The van der Waals surface area contributed by atoms with Gasteiger partial charge in [-0.25, -0.2) is 4.39 Å². The van der Waals surface area contributed by atoms with Crippen LogP contribution in [-0.2, 0) is 12.8 Å². The molecule has 126 valence electrons. The van der Waals surface area contributed by atoms with Crippen LogP contribution in [0, 0.1) is 5.82 Å². The SMILES string of the molecule is O=C(Nc1ccc2c3c(cccc13)CC2)c1cc(F)cc2nccnc12. The fourth-order valence-electron chi connectivity index (χ4n) is 3.76. The van der Waals surface area contributed by atoms with E-state index in [0.29, 0.717) is 11.0 Å². The summed E-state index contributed by atoms with van der Waals surface area (Å²) in [5, 5.41) is 5.16. The normalized spacial score (nSPS) is 12.7. The average molecular weight is 343 g/mol. The molecule has 4 nitrogen and oxygen atoms in total. The molecule has 1 amide bonds. The molecule has 1 N–H and O–H groups in total. The number of aryl methyl sites for hydroxylation is 2. The molecule has 5 rings (SSSR count). The quantitative estimate of drug-likeness (QED) is 0.591. The maximum atomic E-state index is 13.9. The minimum atomic E-state index is -0.511. The number of halogens is 1. The van der Waals surface area contributed by atoms with Crippen LogP contribution in [0.3, 0.4) is 0 Å². The van der Waals surface area contributed by atoms with E-state index >= 15 is 0 Å². The summed E-state index contributed by atoms with van der Waals surface area (Å²) >= 11 is 0. The first kappa shape index (κ1) is 15.0. The second kappa shape index (κ2) is 5.59. The van der Waals surface area contributed by atoms with E-state index in [-0.39, 0.29) is 5.56 Å². The predicted molar refractivity (Wildman–Crippen MR) is 98.8 cm³/mol. The van der Waals surface area contributed by atoms with Gasteiger partial charge in [-0.05, 0) is 41.5 Å². The molecule has 0 atom stereocenters. The average Bonchev–Trinajstić information content (AvgIpc) is 3.08. The Bertz CT molecular complexity index is 1190. The van der Waals surface area contributed by atoms with Gasteiger partial charge in [0, 0.05) is 29.5 Å². The van der Waals surface area contributed by atoms with E-state index in [0.717, 1.165) is 23.9 Å². The number of fused-ring (bicyclic) bond motifs is 1. The van der Waals surface area contributed by atoms with Gasteiger partial charge in [-0.15, -0.1) is 0 Å². The van der Waals surface area contributed by atoms with Crippen LogP contribution < -0.4 is 5.32 Å². The molecular weight excluding hydrogens is 329 g/mol. The van der Waals surface area contributed by atoms with E-state index in [2.05, 4.69) is 27.4 Å². The number of anilines is 1. The molecule has 4 aromatic rings. The van der Waals surface area contributed by atoms with Crippen molar-refractivity contribution in [3.8, 4) is 0 Å². The lowest BCUT2D eigenvalue weighted by molar-refractivity contribution is 0.102. The van der Waals surface area contributed by atoms with Crippen LogP contribution >= 0.6 is 0 Å². The number of carbonyl (C=O) groups excluding carboxylic acids is 1. The van der Waals surface area contributed by atoms with Gasteiger partial charge in [-0.2, -0.15) is 0 Å². The highest BCUT2D eigenvalue weighted by Crippen LogP contribution is 2.35. The summed E-state index contributed by atoms with van der Waals surface area (Å²) in [5.41, 5.74) is 4.25. The summed E-state index contributed by atoms with van der Waals surface area (Å²) in [6, 6.07) is 12.6. The fraction of sp³-hybridized carbons (Fsp3) is 0.0952. The Kier molecular flexibility index (Phi) is 3.22. The van der Waals surface area contributed by atoms with E-state index in [1.165, 1.54) is 41.0 Å².